The highest BCUT2D eigenvalue weighted by molar-refractivity contribution is 7.09. The van der Waals surface area contributed by atoms with Crippen molar-refractivity contribution in [3.63, 3.8) is 0 Å². The van der Waals surface area contributed by atoms with Gasteiger partial charge in [0.2, 0.25) is 5.91 Å². The Morgan fingerprint density at radius 2 is 1.96 bits per heavy atom. The zero-order chi connectivity index (χ0) is 18.8. The van der Waals surface area contributed by atoms with Crippen LogP contribution in [-0.4, -0.2) is 10.5 Å². The summed E-state index contributed by atoms with van der Waals surface area (Å²) in [7, 11) is 0. The van der Waals surface area contributed by atoms with E-state index in [-0.39, 0.29) is 29.9 Å². The smallest absolute Gasteiger partial charge is 0.352 e. The molecule has 1 aromatic heterocycles. The topological polar surface area (TPSA) is 51.1 Å². The van der Waals surface area contributed by atoms with Gasteiger partial charge in [-0.1, -0.05) is 17.4 Å². The zero-order valence-electron chi connectivity index (χ0n) is 13.5. The van der Waals surface area contributed by atoms with Crippen LogP contribution in [0.3, 0.4) is 0 Å². The Morgan fingerprint density at radius 1 is 1.28 bits per heavy atom. The number of halogens is 4. The van der Waals surface area contributed by atoms with Crippen LogP contribution < -0.4 is 10.2 Å². The number of hydrogen-bond donors (Lipinski definition) is 1. The largest absolute Gasteiger partial charge is 0.416 e. The Hall–Kier alpha value is -2.16. The molecule has 1 aromatic carbocycles. The summed E-state index contributed by atoms with van der Waals surface area (Å²) in [6, 6.07) is 2.31. The van der Waals surface area contributed by atoms with Gasteiger partial charge < -0.3 is 9.88 Å². The Morgan fingerprint density at radius 3 is 2.52 bits per heavy atom. The first-order valence-electron chi connectivity index (χ1n) is 7.38. The van der Waals surface area contributed by atoms with Crippen LogP contribution in [0.1, 0.15) is 28.1 Å². The predicted molar refractivity (Wildman–Crippen MR) is 85.9 cm³/mol. The lowest BCUT2D eigenvalue weighted by atomic mass is 10.1. The molecule has 9 heteroatoms. The third kappa shape index (κ3) is 4.68. The fourth-order valence-corrected chi connectivity index (χ4v) is 3.17. The molecular weight excluding hydrogens is 360 g/mol. The minimum Gasteiger partial charge on any atom is -0.352 e. The van der Waals surface area contributed by atoms with E-state index in [1.54, 1.807) is 13.8 Å². The van der Waals surface area contributed by atoms with Crippen LogP contribution in [0.25, 0.3) is 0 Å². The molecule has 0 fully saturated rings. The van der Waals surface area contributed by atoms with E-state index in [0.717, 1.165) is 34.0 Å². The van der Waals surface area contributed by atoms with Gasteiger partial charge in [0.05, 0.1) is 5.56 Å². The quantitative estimate of drug-likeness (QED) is 0.814. The Bertz CT molecular complexity index is 840. The van der Waals surface area contributed by atoms with E-state index >= 15 is 0 Å². The molecule has 25 heavy (non-hydrogen) atoms. The number of rotatable bonds is 5. The van der Waals surface area contributed by atoms with Gasteiger partial charge >= 0.3 is 11.0 Å². The number of alkyl halides is 3. The maximum absolute atomic E-state index is 13.0. The Labute approximate surface area is 145 Å². The van der Waals surface area contributed by atoms with Crippen LogP contribution in [0.2, 0.25) is 0 Å². The van der Waals surface area contributed by atoms with Crippen LogP contribution >= 0.6 is 11.3 Å². The number of hydrogen-bond acceptors (Lipinski definition) is 3. The number of nitrogens with one attached hydrogen (secondary N) is 1. The van der Waals surface area contributed by atoms with Crippen LogP contribution in [0.15, 0.2) is 23.0 Å². The number of amides is 1. The number of aryl methyl sites for hydroxylation is 1. The second kappa shape index (κ2) is 7.38. The van der Waals surface area contributed by atoms with Gasteiger partial charge in [-0.25, -0.2) is 4.39 Å². The van der Waals surface area contributed by atoms with Gasteiger partial charge in [0.15, 0.2) is 0 Å². The van der Waals surface area contributed by atoms with Crippen LogP contribution in [0.4, 0.5) is 17.6 Å². The number of aromatic nitrogens is 1. The molecule has 0 bridgehead atoms. The highest BCUT2D eigenvalue weighted by Crippen LogP contribution is 2.32. The molecule has 0 atom stereocenters. The highest BCUT2D eigenvalue weighted by Gasteiger charge is 2.33. The minimum atomic E-state index is -4.71. The van der Waals surface area contributed by atoms with Crippen molar-refractivity contribution < 1.29 is 22.4 Å². The van der Waals surface area contributed by atoms with E-state index < -0.39 is 23.5 Å². The summed E-state index contributed by atoms with van der Waals surface area (Å²) in [4.78, 5) is 24.3. The van der Waals surface area contributed by atoms with Crippen molar-refractivity contribution in [3.05, 3.63) is 55.4 Å². The monoisotopic (exact) mass is 376 g/mol. The molecule has 4 nitrogen and oxygen atoms in total. The molecule has 0 unspecified atom stereocenters. The molecular formula is C16H16F4N2O2S. The first-order valence-corrected chi connectivity index (χ1v) is 8.20. The van der Waals surface area contributed by atoms with E-state index in [1.165, 1.54) is 4.57 Å². The minimum absolute atomic E-state index is 0.0422. The fraction of sp³-hybridized carbons (Fsp3) is 0.375. The average molecular weight is 376 g/mol. The lowest BCUT2D eigenvalue weighted by Crippen LogP contribution is -2.27. The van der Waals surface area contributed by atoms with Gasteiger partial charge in [-0.05, 0) is 31.5 Å². The first-order chi connectivity index (χ1) is 11.6. The van der Waals surface area contributed by atoms with Crippen molar-refractivity contribution in [3.8, 4) is 0 Å². The maximum Gasteiger partial charge on any atom is 0.416 e. The zero-order valence-corrected chi connectivity index (χ0v) is 14.4. The number of benzene rings is 1. The summed E-state index contributed by atoms with van der Waals surface area (Å²) < 4.78 is 53.2. The molecule has 1 N–H and O–H groups in total. The highest BCUT2D eigenvalue weighted by atomic mass is 32.1. The van der Waals surface area contributed by atoms with Gasteiger partial charge in [0, 0.05) is 30.1 Å². The first kappa shape index (κ1) is 19.2. The van der Waals surface area contributed by atoms with E-state index in [2.05, 4.69) is 5.32 Å². The molecule has 0 saturated carbocycles. The lowest BCUT2D eigenvalue weighted by molar-refractivity contribution is -0.138. The molecule has 0 aliphatic heterocycles. The summed E-state index contributed by atoms with van der Waals surface area (Å²) >= 11 is 1.08. The van der Waals surface area contributed by atoms with E-state index in [0.29, 0.717) is 6.07 Å². The van der Waals surface area contributed by atoms with Gasteiger partial charge in [-0.2, -0.15) is 13.2 Å². The van der Waals surface area contributed by atoms with Gasteiger partial charge in [-0.3, -0.25) is 9.59 Å². The van der Waals surface area contributed by atoms with Crippen molar-refractivity contribution in [2.45, 2.75) is 39.5 Å². The molecule has 2 rings (SSSR count). The Balaban J connectivity index is 2.00. The normalized spacial score (nSPS) is 11.6. The second-order valence-corrected chi connectivity index (χ2v) is 6.65. The van der Waals surface area contributed by atoms with E-state index in [9.17, 15) is 27.2 Å². The van der Waals surface area contributed by atoms with Gasteiger partial charge in [0.1, 0.15) is 5.82 Å². The summed E-state index contributed by atoms with van der Waals surface area (Å²) in [5.41, 5.74) is -0.573. The molecule has 0 aliphatic carbocycles. The third-order valence-corrected chi connectivity index (χ3v) is 4.79. The van der Waals surface area contributed by atoms with Crippen LogP contribution in [-0.2, 0) is 24.1 Å². The molecule has 1 heterocycles. The summed E-state index contributed by atoms with van der Waals surface area (Å²) in [5.74, 6) is -1.49. The molecule has 0 saturated heterocycles. The number of carbonyl (C=O) groups excluding carboxylic acids is 1. The van der Waals surface area contributed by atoms with Crippen molar-refractivity contribution in [1.82, 2.24) is 9.88 Å². The predicted octanol–water partition coefficient (Wildman–Crippen LogP) is 3.39. The Kier molecular flexibility index (Phi) is 5.66. The standard InChI is InChI=1S/C16H16F4N2O2S/c1-9-10(2)25-15(24)22(9)6-5-14(23)21-8-11-3-4-12(17)7-13(11)16(18,19)20/h3-4,7H,5-6,8H2,1-2H3,(H,21,23). The van der Waals surface area contributed by atoms with Crippen molar-refractivity contribution in [2.75, 3.05) is 0 Å². The fourth-order valence-electron chi connectivity index (χ4n) is 2.31. The number of thiazole rings is 1. The average Bonchev–Trinajstić information content (AvgIpc) is 2.76. The summed E-state index contributed by atoms with van der Waals surface area (Å²) in [6.07, 6.45) is -4.75. The number of carbonyl (C=O) groups is 1. The second-order valence-electron chi connectivity index (χ2n) is 5.49. The van der Waals surface area contributed by atoms with Crippen molar-refractivity contribution in [2.24, 2.45) is 0 Å². The summed E-state index contributed by atoms with van der Waals surface area (Å²) in [6.45, 7) is 3.34. The molecule has 0 radical (unpaired) electrons. The molecule has 1 amide bonds. The van der Waals surface area contributed by atoms with Crippen molar-refractivity contribution in [1.29, 1.82) is 0 Å². The van der Waals surface area contributed by atoms with Crippen LogP contribution in [0.5, 0.6) is 0 Å². The van der Waals surface area contributed by atoms with E-state index in [1.807, 2.05) is 0 Å². The third-order valence-electron chi connectivity index (χ3n) is 3.79. The van der Waals surface area contributed by atoms with Gasteiger partial charge in [-0.15, -0.1) is 0 Å². The molecule has 0 spiro atoms. The maximum atomic E-state index is 13.0. The SMILES string of the molecule is Cc1sc(=O)n(CCC(=O)NCc2ccc(F)cc2C(F)(F)F)c1C. The molecule has 0 aliphatic rings. The molecule has 136 valence electrons. The van der Waals surface area contributed by atoms with Gasteiger partial charge in [0.25, 0.3) is 0 Å². The number of nitrogens with zero attached hydrogens (tertiary/aromatic N) is 1. The summed E-state index contributed by atoms with van der Waals surface area (Å²) in [5, 5.41) is 2.37. The van der Waals surface area contributed by atoms with E-state index in [4.69, 9.17) is 0 Å². The van der Waals surface area contributed by atoms with Crippen LogP contribution in [0, 0.1) is 19.7 Å². The molecule has 2 aromatic rings. The lowest BCUT2D eigenvalue weighted by Gasteiger charge is -2.13. The van der Waals surface area contributed by atoms with Crippen molar-refractivity contribution >= 4 is 17.2 Å².